The molecule has 134 valence electrons. The number of ether oxygens (including phenoxy) is 1. The summed E-state index contributed by atoms with van der Waals surface area (Å²) in [6.07, 6.45) is 0. The van der Waals surface area contributed by atoms with Crippen molar-refractivity contribution in [1.29, 1.82) is 0 Å². The normalized spacial score (nSPS) is 11.9. The van der Waals surface area contributed by atoms with Crippen molar-refractivity contribution in [3.05, 3.63) is 59.9 Å². The summed E-state index contributed by atoms with van der Waals surface area (Å²) in [6, 6.07) is 16.4. The second-order valence-electron chi connectivity index (χ2n) is 5.89. The van der Waals surface area contributed by atoms with Crippen LogP contribution in [0.2, 0.25) is 0 Å². The first-order valence-corrected chi connectivity index (χ1v) is 8.29. The number of methoxy groups -OCH3 is 1. The van der Waals surface area contributed by atoms with Crippen LogP contribution in [-0.4, -0.2) is 22.1 Å². The predicted molar refractivity (Wildman–Crippen MR) is 102 cm³/mol. The highest BCUT2D eigenvalue weighted by atomic mass is 16.5. The molecule has 0 radical (unpaired) electrons. The van der Waals surface area contributed by atoms with Gasteiger partial charge >= 0.3 is 0 Å². The molecule has 3 aromatic rings. The number of para-hydroxylation sites is 1. The number of nitrogens with two attached hydrogens (primary N) is 2. The van der Waals surface area contributed by atoms with Gasteiger partial charge in [-0.2, -0.15) is 15.0 Å². The molecule has 26 heavy (non-hydrogen) atoms. The van der Waals surface area contributed by atoms with Crippen molar-refractivity contribution in [3.63, 3.8) is 0 Å². The first kappa shape index (κ1) is 17.6. The van der Waals surface area contributed by atoms with Gasteiger partial charge < -0.3 is 21.5 Å². The van der Waals surface area contributed by atoms with Crippen molar-refractivity contribution in [2.45, 2.75) is 19.5 Å². The molecule has 1 heterocycles. The first-order chi connectivity index (χ1) is 12.6. The van der Waals surface area contributed by atoms with Gasteiger partial charge in [0.2, 0.25) is 11.9 Å². The third kappa shape index (κ3) is 4.07. The van der Waals surface area contributed by atoms with Crippen molar-refractivity contribution < 1.29 is 4.74 Å². The van der Waals surface area contributed by atoms with Crippen LogP contribution in [-0.2, 0) is 6.54 Å². The lowest BCUT2D eigenvalue weighted by Gasteiger charge is -2.15. The van der Waals surface area contributed by atoms with Gasteiger partial charge in [0.15, 0.2) is 0 Å². The van der Waals surface area contributed by atoms with Crippen molar-refractivity contribution >= 4 is 11.9 Å². The largest absolute Gasteiger partial charge is 0.496 e. The zero-order valence-electron chi connectivity index (χ0n) is 14.8. The van der Waals surface area contributed by atoms with E-state index in [1.807, 2.05) is 24.3 Å². The third-order valence-corrected chi connectivity index (χ3v) is 4.11. The maximum atomic E-state index is 5.59. The lowest BCUT2D eigenvalue weighted by molar-refractivity contribution is 0.416. The Morgan fingerprint density at radius 2 is 1.62 bits per heavy atom. The van der Waals surface area contributed by atoms with E-state index in [4.69, 9.17) is 16.2 Å². The lowest BCUT2D eigenvalue weighted by Crippen LogP contribution is -2.20. The fraction of sp³-hybridized carbons (Fsp3) is 0.211. The van der Waals surface area contributed by atoms with E-state index in [0.717, 1.165) is 22.4 Å². The van der Waals surface area contributed by atoms with E-state index in [0.29, 0.717) is 12.4 Å². The number of anilines is 2. The monoisotopic (exact) mass is 350 g/mol. The Kier molecular flexibility index (Phi) is 5.28. The summed E-state index contributed by atoms with van der Waals surface area (Å²) >= 11 is 0. The van der Waals surface area contributed by atoms with Crippen molar-refractivity contribution in [2.75, 3.05) is 18.6 Å². The highest BCUT2D eigenvalue weighted by Crippen LogP contribution is 2.30. The summed E-state index contributed by atoms with van der Waals surface area (Å²) in [7, 11) is 1.68. The average Bonchev–Trinajstić information content (AvgIpc) is 2.65. The molecule has 1 aromatic heterocycles. The number of hydrogen-bond acceptors (Lipinski definition) is 7. The van der Waals surface area contributed by atoms with Crippen molar-refractivity contribution in [1.82, 2.24) is 20.3 Å². The highest BCUT2D eigenvalue weighted by molar-refractivity contribution is 5.70. The standard InChI is InChI=1S/C19H22N6O/c1-12(22-11-17-23-18(20)25-19(21)24-17)13-7-9-14(10-8-13)15-5-3-4-6-16(15)26-2/h3-10,12,22H,11H2,1-2H3,(H4,20,21,23,24,25). The van der Waals surface area contributed by atoms with Gasteiger partial charge in [0.25, 0.3) is 0 Å². The Morgan fingerprint density at radius 3 is 2.27 bits per heavy atom. The summed E-state index contributed by atoms with van der Waals surface area (Å²) in [5.41, 5.74) is 14.5. The Balaban J connectivity index is 1.69. The number of aromatic nitrogens is 3. The SMILES string of the molecule is COc1ccccc1-c1ccc(C(C)NCc2nc(N)nc(N)n2)cc1. The Morgan fingerprint density at radius 1 is 0.962 bits per heavy atom. The smallest absolute Gasteiger partial charge is 0.225 e. The first-order valence-electron chi connectivity index (χ1n) is 8.29. The van der Waals surface area contributed by atoms with Crippen LogP contribution < -0.4 is 21.5 Å². The summed E-state index contributed by atoms with van der Waals surface area (Å²) < 4.78 is 5.43. The predicted octanol–water partition coefficient (Wildman–Crippen LogP) is 2.56. The van der Waals surface area contributed by atoms with E-state index in [9.17, 15) is 0 Å². The Labute approximate surface area is 152 Å². The quantitative estimate of drug-likeness (QED) is 0.626. The van der Waals surface area contributed by atoms with Crippen LogP contribution in [0.3, 0.4) is 0 Å². The molecule has 7 nitrogen and oxygen atoms in total. The van der Waals surface area contributed by atoms with E-state index in [-0.39, 0.29) is 17.9 Å². The third-order valence-electron chi connectivity index (χ3n) is 4.11. The molecule has 0 spiro atoms. The molecule has 1 atom stereocenters. The van der Waals surface area contributed by atoms with Crippen LogP contribution in [0.4, 0.5) is 11.9 Å². The molecule has 0 aliphatic heterocycles. The molecular formula is C19H22N6O. The Bertz CT molecular complexity index is 861. The maximum absolute atomic E-state index is 5.59. The van der Waals surface area contributed by atoms with Crippen LogP contribution in [0.5, 0.6) is 5.75 Å². The van der Waals surface area contributed by atoms with Crippen molar-refractivity contribution in [3.8, 4) is 16.9 Å². The average molecular weight is 350 g/mol. The zero-order valence-corrected chi connectivity index (χ0v) is 14.8. The summed E-state index contributed by atoms with van der Waals surface area (Å²) in [4.78, 5) is 11.9. The second kappa shape index (κ2) is 7.79. The molecule has 0 bridgehead atoms. The number of nitrogens with zero attached hydrogens (tertiary/aromatic N) is 3. The van der Waals surface area contributed by atoms with Gasteiger partial charge in [0.05, 0.1) is 13.7 Å². The number of nitrogens with one attached hydrogen (secondary N) is 1. The van der Waals surface area contributed by atoms with Gasteiger partial charge in [-0.25, -0.2) is 0 Å². The highest BCUT2D eigenvalue weighted by Gasteiger charge is 2.09. The number of rotatable bonds is 6. The van der Waals surface area contributed by atoms with Gasteiger partial charge in [-0.1, -0.05) is 42.5 Å². The van der Waals surface area contributed by atoms with Crippen LogP contribution in [0.1, 0.15) is 24.4 Å². The summed E-state index contributed by atoms with van der Waals surface area (Å²) in [5, 5.41) is 3.36. The van der Waals surface area contributed by atoms with Gasteiger partial charge in [0.1, 0.15) is 11.6 Å². The van der Waals surface area contributed by atoms with Gasteiger partial charge in [-0.15, -0.1) is 0 Å². The molecule has 0 fully saturated rings. The van der Waals surface area contributed by atoms with E-state index < -0.39 is 0 Å². The van der Waals surface area contributed by atoms with Crippen LogP contribution in [0.25, 0.3) is 11.1 Å². The molecule has 0 aliphatic rings. The molecule has 0 saturated carbocycles. The minimum atomic E-state index is 0.112. The molecule has 3 rings (SSSR count). The molecule has 2 aromatic carbocycles. The Hall–Kier alpha value is -3.19. The van der Waals surface area contributed by atoms with Crippen LogP contribution in [0.15, 0.2) is 48.5 Å². The van der Waals surface area contributed by atoms with E-state index in [2.05, 4.69) is 51.5 Å². The van der Waals surface area contributed by atoms with E-state index in [1.165, 1.54) is 0 Å². The molecule has 0 aliphatic carbocycles. The number of benzene rings is 2. The maximum Gasteiger partial charge on any atom is 0.225 e. The number of nitrogen functional groups attached to an aromatic ring is 2. The summed E-state index contributed by atoms with van der Waals surface area (Å²) in [6.45, 7) is 2.53. The van der Waals surface area contributed by atoms with E-state index in [1.54, 1.807) is 7.11 Å². The fourth-order valence-electron chi connectivity index (χ4n) is 2.73. The molecule has 7 heteroatoms. The fourth-order valence-corrected chi connectivity index (χ4v) is 2.73. The zero-order chi connectivity index (χ0) is 18.5. The molecule has 0 amide bonds. The second-order valence-corrected chi connectivity index (χ2v) is 5.89. The minimum absolute atomic E-state index is 0.112. The van der Waals surface area contributed by atoms with Gasteiger partial charge in [0, 0.05) is 11.6 Å². The van der Waals surface area contributed by atoms with Crippen LogP contribution >= 0.6 is 0 Å². The molecule has 1 unspecified atom stereocenters. The van der Waals surface area contributed by atoms with Gasteiger partial charge in [-0.05, 0) is 24.1 Å². The van der Waals surface area contributed by atoms with E-state index >= 15 is 0 Å². The van der Waals surface area contributed by atoms with Gasteiger partial charge in [-0.3, -0.25) is 0 Å². The topological polar surface area (TPSA) is 112 Å². The molecule has 0 saturated heterocycles. The van der Waals surface area contributed by atoms with Crippen molar-refractivity contribution in [2.24, 2.45) is 0 Å². The van der Waals surface area contributed by atoms with Crippen LogP contribution in [0, 0.1) is 0 Å². The number of hydrogen-bond donors (Lipinski definition) is 3. The lowest BCUT2D eigenvalue weighted by atomic mass is 10.0. The summed E-state index contributed by atoms with van der Waals surface area (Å²) in [5.74, 6) is 1.63. The molecular weight excluding hydrogens is 328 g/mol. The molecule has 5 N–H and O–H groups in total. The minimum Gasteiger partial charge on any atom is -0.496 e.